The highest BCUT2D eigenvalue weighted by Crippen LogP contribution is 2.28. The first-order valence-electron chi connectivity index (χ1n) is 11.0. The Morgan fingerprint density at radius 1 is 1.03 bits per heavy atom. The van der Waals surface area contributed by atoms with Gasteiger partial charge in [0.1, 0.15) is 23.3 Å². The number of unbranched alkanes of at least 4 members (excludes halogenated alkanes) is 1. The van der Waals surface area contributed by atoms with E-state index in [1.807, 2.05) is 63.2 Å². The van der Waals surface area contributed by atoms with Crippen molar-refractivity contribution in [1.29, 1.82) is 0 Å². The van der Waals surface area contributed by atoms with Crippen molar-refractivity contribution in [2.45, 2.75) is 39.2 Å². The summed E-state index contributed by atoms with van der Waals surface area (Å²) >= 11 is 0. The summed E-state index contributed by atoms with van der Waals surface area (Å²) < 4.78 is 12.3. The van der Waals surface area contributed by atoms with Crippen LogP contribution in [0.3, 0.4) is 0 Å². The number of fused-ring (bicyclic) bond motifs is 2. The molecule has 2 amide bonds. The molecule has 0 bridgehead atoms. The molecular weight excluding hydrogens is 420 g/mol. The lowest BCUT2D eigenvalue weighted by Gasteiger charge is -2.19. The average molecular weight is 449 g/mol. The molecule has 33 heavy (non-hydrogen) atoms. The van der Waals surface area contributed by atoms with Crippen molar-refractivity contribution < 1.29 is 18.7 Å². The number of rotatable bonds is 7. The zero-order chi connectivity index (χ0) is 23.4. The van der Waals surface area contributed by atoms with Crippen molar-refractivity contribution in [3.8, 4) is 11.3 Å². The molecule has 4 aromatic rings. The van der Waals surface area contributed by atoms with Gasteiger partial charge in [0.05, 0.1) is 0 Å². The van der Waals surface area contributed by atoms with Gasteiger partial charge in [0.2, 0.25) is 0 Å². The van der Waals surface area contributed by atoms with Crippen LogP contribution in [-0.4, -0.2) is 40.1 Å². The maximum atomic E-state index is 13.1. The van der Waals surface area contributed by atoms with Gasteiger partial charge in [0, 0.05) is 24.8 Å². The monoisotopic (exact) mass is 448 g/mol. The minimum absolute atomic E-state index is 0.229. The SMILES string of the molecule is CC(C)(C)OC(=O)NCCCCNC(=O)c1c(-c2ccc3ccccc3c2)nc2occn12. The minimum atomic E-state index is -0.523. The highest BCUT2D eigenvalue weighted by Gasteiger charge is 2.22. The van der Waals surface area contributed by atoms with E-state index in [9.17, 15) is 9.59 Å². The predicted molar refractivity (Wildman–Crippen MR) is 126 cm³/mol. The summed E-state index contributed by atoms with van der Waals surface area (Å²) in [5.74, 6) is 0.136. The number of nitrogens with zero attached hydrogens (tertiary/aromatic N) is 2. The number of carbonyl (C=O) groups excluding carboxylic acids is 2. The molecule has 0 saturated heterocycles. The summed E-state index contributed by atoms with van der Waals surface area (Å²) in [4.78, 5) is 29.3. The Labute approximate surface area is 191 Å². The van der Waals surface area contributed by atoms with Gasteiger partial charge in [-0.1, -0.05) is 36.4 Å². The molecule has 8 heteroatoms. The summed E-state index contributed by atoms with van der Waals surface area (Å²) in [7, 11) is 0. The van der Waals surface area contributed by atoms with E-state index in [2.05, 4.69) is 15.6 Å². The number of hydrogen-bond acceptors (Lipinski definition) is 5. The molecule has 2 aromatic carbocycles. The molecule has 172 valence electrons. The summed E-state index contributed by atoms with van der Waals surface area (Å²) in [6, 6.07) is 14.1. The van der Waals surface area contributed by atoms with Crippen molar-refractivity contribution in [2.24, 2.45) is 0 Å². The number of amides is 2. The highest BCUT2D eigenvalue weighted by molar-refractivity contribution is 6.00. The van der Waals surface area contributed by atoms with Crippen LogP contribution in [0.2, 0.25) is 0 Å². The molecule has 0 fully saturated rings. The second-order valence-electron chi connectivity index (χ2n) is 8.82. The lowest BCUT2D eigenvalue weighted by atomic mass is 10.0. The largest absolute Gasteiger partial charge is 0.444 e. The van der Waals surface area contributed by atoms with Gasteiger partial charge in [-0.25, -0.2) is 4.79 Å². The minimum Gasteiger partial charge on any atom is -0.444 e. The Bertz CT molecular complexity index is 1280. The van der Waals surface area contributed by atoms with Crippen LogP contribution in [0.15, 0.2) is 59.3 Å². The van der Waals surface area contributed by atoms with Gasteiger partial charge in [-0.15, -0.1) is 0 Å². The van der Waals surface area contributed by atoms with E-state index < -0.39 is 11.7 Å². The molecule has 0 saturated carbocycles. The van der Waals surface area contributed by atoms with E-state index in [-0.39, 0.29) is 5.91 Å². The molecule has 0 radical (unpaired) electrons. The van der Waals surface area contributed by atoms with E-state index in [0.29, 0.717) is 43.2 Å². The van der Waals surface area contributed by atoms with Crippen LogP contribution in [0.5, 0.6) is 0 Å². The van der Waals surface area contributed by atoms with Crippen LogP contribution in [0, 0.1) is 0 Å². The molecule has 0 aliphatic heterocycles. The van der Waals surface area contributed by atoms with Gasteiger partial charge in [-0.05, 0) is 50.5 Å². The van der Waals surface area contributed by atoms with E-state index in [1.54, 1.807) is 10.6 Å². The van der Waals surface area contributed by atoms with Crippen LogP contribution < -0.4 is 10.6 Å². The van der Waals surface area contributed by atoms with Crippen molar-refractivity contribution in [3.05, 3.63) is 60.6 Å². The molecule has 2 heterocycles. The molecule has 8 nitrogen and oxygen atoms in total. The lowest BCUT2D eigenvalue weighted by molar-refractivity contribution is 0.0526. The zero-order valence-corrected chi connectivity index (χ0v) is 19.1. The fourth-order valence-electron chi connectivity index (χ4n) is 3.58. The number of hydrogen-bond donors (Lipinski definition) is 2. The van der Waals surface area contributed by atoms with E-state index >= 15 is 0 Å². The molecule has 0 aliphatic carbocycles. The molecule has 2 aromatic heterocycles. The van der Waals surface area contributed by atoms with Crippen LogP contribution >= 0.6 is 0 Å². The first kappa shape index (κ1) is 22.4. The Balaban J connectivity index is 1.40. The molecule has 4 rings (SSSR count). The quantitative estimate of drug-likeness (QED) is 0.397. The van der Waals surface area contributed by atoms with Gasteiger partial charge in [-0.3, -0.25) is 9.20 Å². The van der Waals surface area contributed by atoms with E-state index in [1.165, 1.54) is 6.26 Å². The van der Waals surface area contributed by atoms with Gasteiger partial charge >= 0.3 is 11.9 Å². The van der Waals surface area contributed by atoms with Crippen molar-refractivity contribution in [3.63, 3.8) is 0 Å². The number of alkyl carbamates (subject to hydrolysis) is 1. The van der Waals surface area contributed by atoms with Gasteiger partial charge in [-0.2, -0.15) is 4.98 Å². The summed E-state index contributed by atoms with van der Waals surface area (Å²) in [6.07, 6.45) is 4.18. The number of imidazole rings is 1. The first-order chi connectivity index (χ1) is 15.8. The van der Waals surface area contributed by atoms with Crippen LogP contribution in [0.1, 0.15) is 44.1 Å². The van der Waals surface area contributed by atoms with E-state index in [4.69, 9.17) is 9.15 Å². The summed E-state index contributed by atoms with van der Waals surface area (Å²) in [6.45, 7) is 6.41. The second-order valence-corrected chi connectivity index (χ2v) is 8.82. The van der Waals surface area contributed by atoms with E-state index in [0.717, 1.165) is 16.3 Å². The zero-order valence-electron chi connectivity index (χ0n) is 19.1. The van der Waals surface area contributed by atoms with Gasteiger partial charge in [0.25, 0.3) is 5.91 Å². The maximum Gasteiger partial charge on any atom is 0.407 e. The fraction of sp³-hybridized carbons (Fsp3) is 0.320. The predicted octanol–water partition coefficient (Wildman–Crippen LogP) is 4.78. The number of benzene rings is 2. The van der Waals surface area contributed by atoms with Gasteiger partial charge < -0.3 is 19.8 Å². The summed E-state index contributed by atoms with van der Waals surface area (Å²) in [5.41, 5.74) is 1.33. The number of aromatic nitrogens is 2. The molecular formula is C25H28N4O4. The van der Waals surface area contributed by atoms with Crippen molar-refractivity contribution in [1.82, 2.24) is 20.0 Å². The third kappa shape index (κ3) is 5.34. The summed E-state index contributed by atoms with van der Waals surface area (Å²) in [5, 5.41) is 7.87. The highest BCUT2D eigenvalue weighted by atomic mass is 16.6. The molecule has 0 atom stereocenters. The smallest absolute Gasteiger partial charge is 0.407 e. The third-order valence-corrected chi connectivity index (χ3v) is 5.06. The Morgan fingerprint density at radius 3 is 2.52 bits per heavy atom. The van der Waals surface area contributed by atoms with Crippen molar-refractivity contribution >= 4 is 28.6 Å². The fourth-order valence-corrected chi connectivity index (χ4v) is 3.58. The Kier molecular flexibility index (Phi) is 6.35. The normalized spacial score (nSPS) is 11.6. The second kappa shape index (κ2) is 9.36. The third-order valence-electron chi connectivity index (χ3n) is 5.06. The molecule has 0 aliphatic rings. The van der Waals surface area contributed by atoms with Gasteiger partial charge in [0.15, 0.2) is 0 Å². The first-order valence-corrected chi connectivity index (χ1v) is 11.0. The average Bonchev–Trinajstić information content (AvgIpc) is 3.35. The topological polar surface area (TPSA) is 97.9 Å². The number of oxazole rings is 1. The number of nitrogens with one attached hydrogen (secondary N) is 2. The van der Waals surface area contributed by atoms with Crippen LogP contribution in [0.25, 0.3) is 27.9 Å². The Morgan fingerprint density at radius 2 is 1.76 bits per heavy atom. The number of ether oxygens (including phenoxy) is 1. The standard InChI is InChI=1S/C25H28N4O4/c1-25(2,3)33-24(31)27-13-7-6-12-26-22(30)21-20(28-23-29(21)14-15-32-23)19-11-10-17-8-4-5-9-18(17)16-19/h4-5,8-11,14-16H,6-7,12-13H2,1-3H3,(H,26,30)(H,27,31). The maximum absolute atomic E-state index is 13.1. The van der Waals surface area contributed by atoms with Crippen molar-refractivity contribution in [2.75, 3.05) is 13.1 Å². The Hall–Kier alpha value is -3.81. The van der Waals surface area contributed by atoms with Crippen LogP contribution in [0.4, 0.5) is 4.79 Å². The number of carbonyl (C=O) groups is 2. The molecule has 2 N–H and O–H groups in total. The lowest BCUT2D eigenvalue weighted by Crippen LogP contribution is -2.33. The molecule has 0 unspecified atom stereocenters. The van der Waals surface area contributed by atoms with Crippen LogP contribution in [-0.2, 0) is 4.74 Å². The molecule has 0 spiro atoms.